The zero-order valence-corrected chi connectivity index (χ0v) is 13.0. The molecule has 0 bridgehead atoms. The lowest BCUT2D eigenvalue weighted by atomic mass is 9.97. The topological polar surface area (TPSA) is 24.5 Å². The molecule has 0 aliphatic carbocycles. The molecule has 2 fully saturated rings. The van der Waals surface area contributed by atoms with E-state index in [0.717, 1.165) is 25.6 Å². The van der Waals surface area contributed by atoms with Crippen molar-refractivity contribution >= 4 is 0 Å². The van der Waals surface area contributed by atoms with Crippen molar-refractivity contribution in [3.8, 4) is 0 Å². The van der Waals surface area contributed by atoms with E-state index in [9.17, 15) is 0 Å². The van der Waals surface area contributed by atoms with Gasteiger partial charge in [0.25, 0.3) is 0 Å². The van der Waals surface area contributed by atoms with E-state index in [2.05, 4.69) is 31.0 Å². The summed E-state index contributed by atoms with van der Waals surface area (Å²) in [5, 5.41) is 3.75. The van der Waals surface area contributed by atoms with Gasteiger partial charge in [-0.15, -0.1) is 0 Å². The highest BCUT2D eigenvalue weighted by molar-refractivity contribution is 4.88. The Balaban J connectivity index is 1.89. The van der Waals surface area contributed by atoms with E-state index in [1.807, 2.05) is 0 Å². The predicted octanol–water partition coefficient (Wildman–Crippen LogP) is 2.65. The minimum Gasteiger partial charge on any atom is -0.377 e. The van der Waals surface area contributed by atoms with Gasteiger partial charge in [0.15, 0.2) is 0 Å². The van der Waals surface area contributed by atoms with Gasteiger partial charge in [0, 0.05) is 38.3 Å². The fraction of sp³-hybridized carbons (Fsp3) is 1.00. The normalized spacial score (nSPS) is 33.2. The molecule has 0 aromatic heterocycles. The van der Waals surface area contributed by atoms with E-state index in [1.54, 1.807) is 0 Å². The number of rotatable bonds is 6. The molecule has 3 nitrogen and oxygen atoms in total. The Kier molecular flexibility index (Phi) is 6.11. The number of ether oxygens (including phenoxy) is 1. The van der Waals surface area contributed by atoms with Crippen LogP contribution in [0.5, 0.6) is 0 Å². The van der Waals surface area contributed by atoms with Crippen molar-refractivity contribution in [1.29, 1.82) is 0 Å². The maximum Gasteiger partial charge on any atom is 0.0702 e. The van der Waals surface area contributed by atoms with Crippen LogP contribution in [0.1, 0.15) is 52.9 Å². The summed E-state index contributed by atoms with van der Waals surface area (Å²) in [6, 6.07) is 1.40. The van der Waals surface area contributed by atoms with Gasteiger partial charge >= 0.3 is 0 Å². The second-order valence-corrected chi connectivity index (χ2v) is 6.77. The van der Waals surface area contributed by atoms with Crippen molar-refractivity contribution in [1.82, 2.24) is 10.2 Å². The molecule has 0 aromatic rings. The number of nitrogens with zero attached hydrogens (tertiary/aromatic N) is 1. The van der Waals surface area contributed by atoms with Crippen LogP contribution in [0.3, 0.4) is 0 Å². The molecule has 0 amide bonds. The smallest absolute Gasteiger partial charge is 0.0702 e. The van der Waals surface area contributed by atoms with Crippen molar-refractivity contribution in [3.63, 3.8) is 0 Å². The van der Waals surface area contributed by atoms with Crippen molar-refractivity contribution in [2.45, 2.75) is 71.1 Å². The summed E-state index contributed by atoms with van der Waals surface area (Å²) in [5.41, 5.74) is 0. The Morgan fingerprint density at radius 2 is 2.21 bits per heavy atom. The third kappa shape index (κ3) is 4.73. The van der Waals surface area contributed by atoms with Crippen LogP contribution >= 0.6 is 0 Å². The Labute approximate surface area is 119 Å². The van der Waals surface area contributed by atoms with Crippen LogP contribution in [0.2, 0.25) is 0 Å². The summed E-state index contributed by atoms with van der Waals surface area (Å²) >= 11 is 0. The van der Waals surface area contributed by atoms with E-state index in [1.165, 1.54) is 38.6 Å². The molecular weight excluding hydrogens is 236 g/mol. The molecule has 2 rings (SSSR count). The molecule has 112 valence electrons. The lowest BCUT2D eigenvalue weighted by Gasteiger charge is -2.42. The molecule has 3 heteroatoms. The van der Waals surface area contributed by atoms with Gasteiger partial charge in [-0.3, -0.25) is 4.90 Å². The standard InChI is InChI=1S/C16H32N2O/c1-4-6-14-11-18(12-16-7-5-8-19-16)15(10-17-14)9-13(2)3/h13-17H,4-12H2,1-3H3. The second-order valence-electron chi connectivity index (χ2n) is 6.77. The predicted molar refractivity (Wildman–Crippen MR) is 80.5 cm³/mol. The summed E-state index contributed by atoms with van der Waals surface area (Å²) in [7, 11) is 0. The number of hydrogen-bond donors (Lipinski definition) is 1. The van der Waals surface area contributed by atoms with Crippen LogP contribution in [0, 0.1) is 5.92 Å². The first kappa shape index (κ1) is 15.3. The third-order valence-electron chi connectivity index (χ3n) is 4.46. The molecule has 3 atom stereocenters. The summed E-state index contributed by atoms with van der Waals surface area (Å²) in [4.78, 5) is 2.72. The highest BCUT2D eigenvalue weighted by atomic mass is 16.5. The first-order valence-corrected chi connectivity index (χ1v) is 8.28. The highest BCUT2D eigenvalue weighted by Gasteiger charge is 2.30. The zero-order chi connectivity index (χ0) is 13.7. The molecule has 19 heavy (non-hydrogen) atoms. The van der Waals surface area contributed by atoms with Crippen LogP contribution in [0.25, 0.3) is 0 Å². The minimum atomic E-state index is 0.495. The van der Waals surface area contributed by atoms with Gasteiger partial charge in [-0.2, -0.15) is 0 Å². The Hall–Kier alpha value is -0.120. The van der Waals surface area contributed by atoms with Gasteiger partial charge < -0.3 is 10.1 Å². The monoisotopic (exact) mass is 268 g/mol. The lowest BCUT2D eigenvalue weighted by molar-refractivity contribution is 0.0330. The molecule has 0 radical (unpaired) electrons. The molecule has 0 aromatic carbocycles. The van der Waals surface area contributed by atoms with Crippen molar-refractivity contribution < 1.29 is 4.74 Å². The number of piperazine rings is 1. The highest BCUT2D eigenvalue weighted by Crippen LogP contribution is 2.21. The number of nitrogens with one attached hydrogen (secondary N) is 1. The Bertz CT molecular complexity index is 251. The van der Waals surface area contributed by atoms with Gasteiger partial charge in [-0.25, -0.2) is 0 Å². The van der Waals surface area contributed by atoms with Crippen molar-refractivity contribution in [2.24, 2.45) is 5.92 Å². The van der Waals surface area contributed by atoms with Crippen molar-refractivity contribution in [3.05, 3.63) is 0 Å². The molecule has 2 aliphatic rings. The van der Waals surface area contributed by atoms with Crippen LogP contribution < -0.4 is 5.32 Å². The van der Waals surface area contributed by atoms with Gasteiger partial charge in [0.1, 0.15) is 0 Å². The number of hydrogen-bond acceptors (Lipinski definition) is 3. The molecule has 0 saturated carbocycles. The largest absolute Gasteiger partial charge is 0.377 e. The van der Waals surface area contributed by atoms with Gasteiger partial charge in [0.2, 0.25) is 0 Å². The summed E-state index contributed by atoms with van der Waals surface area (Å²) in [6.45, 7) is 11.5. The summed E-state index contributed by atoms with van der Waals surface area (Å²) < 4.78 is 5.84. The summed E-state index contributed by atoms with van der Waals surface area (Å²) in [6.07, 6.45) is 6.89. The van der Waals surface area contributed by atoms with E-state index in [0.29, 0.717) is 18.2 Å². The maximum absolute atomic E-state index is 5.84. The average Bonchev–Trinajstić information content (AvgIpc) is 2.85. The lowest BCUT2D eigenvalue weighted by Crippen LogP contribution is -2.58. The molecule has 2 aliphatic heterocycles. The molecule has 1 N–H and O–H groups in total. The van der Waals surface area contributed by atoms with Crippen molar-refractivity contribution in [2.75, 3.05) is 26.2 Å². The SMILES string of the molecule is CCCC1CN(CC2CCCO2)C(CC(C)C)CN1. The van der Waals surface area contributed by atoms with E-state index in [4.69, 9.17) is 4.74 Å². The maximum atomic E-state index is 5.84. The van der Waals surface area contributed by atoms with Crippen LogP contribution in [-0.4, -0.2) is 49.3 Å². The first-order valence-electron chi connectivity index (χ1n) is 8.28. The molecule has 2 saturated heterocycles. The fourth-order valence-corrected chi connectivity index (χ4v) is 3.52. The Morgan fingerprint density at radius 1 is 1.37 bits per heavy atom. The van der Waals surface area contributed by atoms with Gasteiger partial charge in [-0.1, -0.05) is 27.2 Å². The average molecular weight is 268 g/mol. The molecular formula is C16H32N2O. The van der Waals surface area contributed by atoms with Crippen LogP contribution in [0.15, 0.2) is 0 Å². The van der Waals surface area contributed by atoms with Gasteiger partial charge in [0.05, 0.1) is 6.10 Å². The first-order chi connectivity index (χ1) is 9.19. The minimum absolute atomic E-state index is 0.495. The van der Waals surface area contributed by atoms with E-state index in [-0.39, 0.29) is 0 Å². The summed E-state index contributed by atoms with van der Waals surface area (Å²) in [5.74, 6) is 0.779. The van der Waals surface area contributed by atoms with Crippen LogP contribution in [0.4, 0.5) is 0 Å². The third-order valence-corrected chi connectivity index (χ3v) is 4.46. The zero-order valence-electron chi connectivity index (χ0n) is 13.0. The second kappa shape index (κ2) is 7.61. The quantitative estimate of drug-likeness (QED) is 0.801. The molecule has 0 spiro atoms. The van der Waals surface area contributed by atoms with Crippen LogP contribution in [-0.2, 0) is 4.74 Å². The van der Waals surface area contributed by atoms with E-state index >= 15 is 0 Å². The molecule has 2 heterocycles. The molecule has 3 unspecified atom stereocenters. The Morgan fingerprint density at radius 3 is 2.84 bits per heavy atom. The van der Waals surface area contributed by atoms with Gasteiger partial charge in [-0.05, 0) is 31.6 Å². The fourth-order valence-electron chi connectivity index (χ4n) is 3.52. The van der Waals surface area contributed by atoms with E-state index < -0.39 is 0 Å².